The van der Waals surface area contributed by atoms with Crippen molar-refractivity contribution in [1.29, 1.82) is 0 Å². The van der Waals surface area contributed by atoms with Crippen molar-refractivity contribution < 1.29 is 12.3 Å². The second-order valence-electron chi connectivity index (χ2n) is 2.75. The molecule has 1 heterocycles. The highest BCUT2D eigenvalue weighted by Crippen LogP contribution is 2.28. The van der Waals surface area contributed by atoms with Gasteiger partial charge in [0.25, 0.3) is 0 Å². The Morgan fingerprint density at radius 3 is 2.71 bits per heavy atom. The number of aromatic amines is 1. The van der Waals surface area contributed by atoms with Gasteiger partial charge in [0.2, 0.25) is 0 Å². The fourth-order valence-corrected chi connectivity index (χ4v) is 2.41. The number of rotatable bonds is 1. The smallest absolute Gasteiger partial charge is 0.334 e. The van der Waals surface area contributed by atoms with Crippen LogP contribution in [0.3, 0.4) is 0 Å². The molecule has 2 aromatic rings. The molecule has 0 unspecified atom stereocenters. The lowest BCUT2D eigenvalue weighted by Gasteiger charge is -1.94. The van der Waals surface area contributed by atoms with E-state index in [-0.39, 0.29) is 4.90 Å². The van der Waals surface area contributed by atoms with Crippen LogP contribution >= 0.6 is 15.9 Å². The molecule has 74 valence electrons. The lowest BCUT2D eigenvalue weighted by molar-refractivity contribution is 0.553. The number of fused-ring (bicyclic) bond motifs is 1. The molecule has 0 saturated carbocycles. The van der Waals surface area contributed by atoms with Crippen molar-refractivity contribution in [2.45, 2.75) is 4.90 Å². The SMILES string of the molecule is O=S(=O)(F)c1c[nH]c2c(Br)cccc12. The summed E-state index contributed by atoms with van der Waals surface area (Å²) in [5.41, 5.74) is 0.573. The summed E-state index contributed by atoms with van der Waals surface area (Å²) in [6.07, 6.45) is 1.14. The predicted molar refractivity (Wildman–Crippen MR) is 54.3 cm³/mol. The molecule has 1 aromatic carbocycles. The summed E-state index contributed by atoms with van der Waals surface area (Å²) in [4.78, 5) is 2.37. The van der Waals surface area contributed by atoms with Crippen LogP contribution in [0, 0.1) is 0 Å². The van der Waals surface area contributed by atoms with E-state index in [1.54, 1.807) is 18.2 Å². The summed E-state index contributed by atoms with van der Waals surface area (Å²) in [5, 5.41) is 0.349. The lowest BCUT2D eigenvalue weighted by atomic mass is 10.2. The van der Waals surface area contributed by atoms with Crippen LogP contribution < -0.4 is 0 Å². The molecule has 6 heteroatoms. The Labute approximate surface area is 88.3 Å². The number of hydrogen-bond donors (Lipinski definition) is 1. The Balaban J connectivity index is 2.90. The van der Waals surface area contributed by atoms with Crippen LogP contribution in [0.15, 0.2) is 33.8 Å². The van der Waals surface area contributed by atoms with E-state index < -0.39 is 10.2 Å². The van der Waals surface area contributed by atoms with E-state index in [1.807, 2.05) is 0 Å². The molecule has 0 bridgehead atoms. The number of nitrogens with one attached hydrogen (secondary N) is 1. The van der Waals surface area contributed by atoms with Crippen LogP contribution in [0.1, 0.15) is 0 Å². The van der Waals surface area contributed by atoms with Crippen molar-refractivity contribution >= 4 is 37.1 Å². The van der Waals surface area contributed by atoms with Crippen LogP contribution in [0.2, 0.25) is 0 Å². The molecule has 0 aliphatic heterocycles. The predicted octanol–water partition coefficient (Wildman–Crippen LogP) is 2.59. The maximum absolute atomic E-state index is 12.8. The van der Waals surface area contributed by atoms with Gasteiger partial charge in [-0.1, -0.05) is 12.1 Å². The van der Waals surface area contributed by atoms with Crippen LogP contribution in [-0.2, 0) is 10.2 Å². The highest BCUT2D eigenvalue weighted by atomic mass is 79.9. The summed E-state index contributed by atoms with van der Waals surface area (Å²) in [5.74, 6) is 0. The van der Waals surface area contributed by atoms with Crippen LogP contribution in [0.4, 0.5) is 3.89 Å². The Hall–Kier alpha value is -0.880. The molecule has 0 amide bonds. The summed E-state index contributed by atoms with van der Waals surface area (Å²) >= 11 is 3.23. The van der Waals surface area contributed by atoms with Crippen molar-refractivity contribution in [3.05, 3.63) is 28.9 Å². The van der Waals surface area contributed by atoms with Gasteiger partial charge in [0.1, 0.15) is 4.90 Å². The van der Waals surface area contributed by atoms with Crippen molar-refractivity contribution in [1.82, 2.24) is 4.98 Å². The molecular formula is C8H5BrFNO2S. The zero-order valence-corrected chi connectivity index (χ0v) is 9.19. The van der Waals surface area contributed by atoms with E-state index in [4.69, 9.17) is 0 Å². The maximum atomic E-state index is 12.8. The Morgan fingerprint density at radius 1 is 1.36 bits per heavy atom. The second-order valence-corrected chi connectivity index (χ2v) is 4.92. The first-order chi connectivity index (χ1) is 6.50. The number of benzene rings is 1. The monoisotopic (exact) mass is 277 g/mol. The fraction of sp³-hybridized carbons (Fsp3) is 0. The van der Waals surface area contributed by atoms with Gasteiger partial charge in [0.05, 0.1) is 5.52 Å². The van der Waals surface area contributed by atoms with Crippen LogP contribution in [0.5, 0.6) is 0 Å². The van der Waals surface area contributed by atoms with Crippen molar-refractivity contribution in [3.63, 3.8) is 0 Å². The number of H-pyrrole nitrogens is 1. The first-order valence-corrected chi connectivity index (χ1v) is 5.88. The third kappa shape index (κ3) is 1.44. The molecule has 1 aromatic heterocycles. The average Bonchev–Trinajstić information content (AvgIpc) is 2.47. The van der Waals surface area contributed by atoms with Gasteiger partial charge in [-0.15, -0.1) is 3.89 Å². The third-order valence-electron chi connectivity index (χ3n) is 1.89. The molecule has 3 nitrogen and oxygen atoms in total. The summed E-state index contributed by atoms with van der Waals surface area (Å²) < 4.78 is 34.9. The summed E-state index contributed by atoms with van der Waals surface area (Å²) in [6, 6.07) is 4.94. The number of aromatic nitrogens is 1. The van der Waals surface area contributed by atoms with E-state index in [0.29, 0.717) is 15.4 Å². The molecule has 0 radical (unpaired) electrons. The third-order valence-corrected chi connectivity index (χ3v) is 3.41. The number of halogens is 2. The van der Waals surface area contributed by atoms with Crippen molar-refractivity contribution in [3.8, 4) is 0 Å². The zero-order chi connectivity index (χ0) is 10.3. The van der Waals surface area contributed by atoms with Crippen molar-refractivity contribution in [2.75, 3.05) is 0 Å². The zero-order valence-electron chi connectivity index (χ0n) is 6.79. The molecule has 14 heavy (non-hydrogen) atoms. The normalized spacial score (nSPS) is 12.1. The summed E-state index contributed by atoms with van der Waals surface area (Å²) in [6.45, 7) is 0. The standard InChI is InChI=1S/C8H5BrFNO2S/c9-6-3-1-2-5-7(14(10,12)13)4-11-8(5)6/h1-4,11H. The molecule has 0 aliphatic carbocycles. The maximum Gasteiger partial charge on any atom is 0.334 e. The van der Waals surface area contributed by atoms with Crippen LogP contribution in [0.25, 0.3) is 10.9 Å². The van der Waals surface area contributed by atoms with E-state index in [9.17, 15) is 12.3 Å². The quantitative estimate of drug-likeness (QED) is 0.815. The van der Waals surface area contributed by atoms with E-state index in [0.717, 1.165) is 6.20 Å². The average molecular weight is 278 g/mol. The largest absolute Gasteiger partial charge is 0.359 e. The van der Waals surface area contributed by atoms with E-state index in [2.05, 4.69) is 20.9 Å². The number of para-hydroxylation sites is 1. The van der Waals surface area contributed by atoms with E-state index >= 15 is 0 Å². The van der Waals surface area contributed by atoms with Gasteiger partial charge in [-0.3, -0.25) is 0 Å². The van der Waals surface area contributed by atoms with Crippen LogP contribution in [-0.4, -0.2) is 13.4 Å². The lowest BCUT2D eigenvalue weighted by Crippen LogP contribution is -1.88. The van der Waals surface area contributed by atoms with Gasteiger partial charge in [0.15, 0.2) is 0 Å². The molecule has 2 rings (SSSR count). The van der Waals surface area contributed by atoms with Gasteiger partial charge < -0.3 is 4.98 Å². The number of hydrogen-bond acceptors (Lipinski definition) is 2. The molecule has 0 fully saturated rings. The second kappa shape index (κ2) is 3.06. The Bertz CT molecular complexity index is 590. The minimum atomic E-state index is -4.65. The molecule has 1 N–H and O–H groups in total. The minimum Gasteiger partial charge on any atom is -0.359 e. The highest BCUT2D eigenvalue weighted by Gasteiger charge is 2.17. The molecular weight excluding hydrogens is 273 g/mol. The fourth-order valence-electron chi connectivity index (χ4n) is 1.29. The topological polar surface area (TPSA) is 49.9 Å². The summed E-state index contributed by atoms with van der Waals surface area (Å²) in [7, 11) is -4.65. The molecule has 0 aliphatic rings. The van der Waals surface area contributed by atoms with Gasteiger partial charge in [0, 0.05) is 16.1 Å². The Kier molecular flexibility index (Phi) is 2.11. The van der Waals surface area contributed by atoms with Gasteiger partial charge >= 0.3 is 10.2 Å². The van der Waals surface area contributed by atoms with Crippen molar-refractivity contribution in [2.24, 2.45) is 0 Å². The first-order valence-electron chi connectivity index (χ1n) is 3.70. The van der Waals surface area contributed by atoms with Gasteiger partial charge in [-0.2, -0.15) is 8.42 Å². The van der Waals surface area contributed by atoms with Gasteiger partial charge in [-0.25, -0.2) is 0 Å². The molecule has 0 spiro atoms. The van der Waals surface area contributed by atoms with Gasteiger partial charge in [-0.05, 0) is 22.0 Å². The molecule has 0 saturated heterocycles. The Morgan fingerprint density at radius 2 is 2.07 bits per heavy atom. The first kappa shape index (κ1) is 9.67. The molecule has 0 atom stereocenters. The highest BCUT2D eigenvalue weighted by molar-refractivity contribution is 9.10. The minimum absolute atomic E-state index is 0.325. The van der Waals surface area contributed by atoms with E-state index in [1.165, 1.54) is 0 Å².